The van der Waals surface area contributed by atoms with Gasteiger partial charge in [0.25, 0.3) is 5.91 Å². The van der Waals surface area contributed by atoms with Gasteiger partial charge in [0, 0.05) is 29.0 Å². The Balaban J connectivity index is 1.47. The molecule has 172 valence electrons. The molecule has 3 N–H and O–H groups in total. The van der Waals surface area contributed by atoms with Gasteiger partial charge in [-0.2, -0.15) is 0 Å². The summed E-state index contributed by atoms with van der Waals surface area (Å²) in [6, 6.07) is 14.9. The highest BCUT2D eigenvalue weighted by Crippen LogP contribution is 2.19. The van der Waals surface area contributed by atoms with E-state index >= 15 is 0 Å². The molecule has 6 heteroatoms. The van der Waals surface area contributed by atoms with Crippen LogP contribution in [0.4, 0.5) is 11.4 Å². The van der Waals surface area contributed by atoms with Crippen molar-refractivity contribution in [2.75, 3.05) is 23.8 Å². The Morgan fingerprint density at radius 1 is 1.00 bits per heavy atom. The largest absolute Gasteiger partial charge is 0.494 e. The van der Waals surface area contributed by atoms with Crippen molar-refractivity contribution in [3.8, 4) is 5.75 Å². The summed E-state index contributed by atoms with van der Waals surface area (Å²) in [5, 5.41) is 9.10. The number of ether oxygens (including phenoxy) is 1. The molecule has 1 aliphatic rings. The van der Waals surface area contributed by atoms with Gasteiger partial charge in [0.05, 0.1) is 13.2 Å². The molecule has 0 radical (unpaired) electrons. The molecular weight excluding hydrogens is 402 g/mol. The van der Waals surface area contributed by atoms with Crippen molar-refractivity contribution in [2.24, 2.45) is 5.92 Å². The molecule has 0 heterocycles. The lowest BCUT2D eigenvalue weighted by molar-refractivity contribution is -0.114. The van der Waals surface area contributed by atoms with Gasteiger partial charge in [-0.15, -0.1) is 0 Å². The highest BCUT2D eigenvalue weighted by Gasteiger charge is 2.17. The fourth-order valence-electron chi connectivity index (χ4n) is 3.75. The summed E-state index contributed by atoms with van der Waals surface area (Å²) >= 11 is 0. The Morgan fingerprint density at radius 3 is 2.53 bits per heavy atom. The number of anilines is 2. The molecule has 0 aliphatic heterocycles. The molecule has 32 heavy (non-hydrogen) atoms. The smallest absolute Gasteiger partial charge is 0.251 e. The minimum Gasteiger partial charge on any atom is -0.494 e. The van der Waals surface area contributed by atoms with Crippen LogP contribution in [0.25, 0.3) is 0 Å². The molecule has 2 amide bonds. The highest BCUT2D eigenvalue weighted by molar-refractivity contribution is 5.98. The van der Waals surface area contributed by atoms with Crippen molar-refractivity contribution in [1.82, 2.24) is 5.32 Å². The lowest BCUT2D eigenvalue weighted by atomic mass is 9.95. The minimum absolute atomic E-state index is 0.0830. The van der Waals surface area contributed by atoms with E-state index in [4.69, 9.17) is 4.74 Å². The highest BCUT2D eigenvalue weighted by atomic mass is 16.5. The number of nitrogens with one attached hydrogen (secondary N) is 3. The van der Waals surface area contributed by atoms with E-state index in [0.717, 1.165) is 30.7 Å². The molecule has 3 rings (SSSR count). The summed E-state index contributed by atoms with van der Waals surface area (Å²) in [6.07, 6.45) is 6.66. The van der Waals surface area contributed by atoms with E-state index in [1.165, 1.54) is 19.3 Å². The van der Waals surface area contributed by atoms with Crippen LogP contribution in [0.2, 0.25) is 0 Å². The van der Waals surface area contributed by atoms with Crippen molar-refractivity contribution < 1.29 is 14.3 Å². The van der Waals surface area contributed by atoms with E-state index < -0.39 is 0 Å². The number of hydrogen-bond acceptors (Lipinski definition) is 4. The second-order valence-corrected chi connectivity index (χ2v) is 8.85. The molecule has 0 atom stereocenters. The molecule has 2 aromatic rings. The molecule has 0 unspecified atom stereocenters. The van der Waals surface area contributed by atoms with Crippen LogP contribution in [0.3, 0.4) is 0 Å². The summed E-state index contributed by atoms with van der Waals surface area (Å²) in [7, 11) is 0. The van der Waals surface area contributed by atoms with Gasteiger partial charge in [0.2, 0.25) is 5.91 Å². The molecule has 0 spiro atoms. The van der Waals surface area contributed by atoms with Crippen LogP contribution in [0, 0.1) is 5.92 Å². The second-order valence-electron chi connectivity index (χ2n) is 8.85. The van der Waals surface area contributed by atoms with E-state index in [9.17, 15) is 9.59 Å². The Labute approximate surface area is 191 Å². The fraction of sp³-hybridized carbons (Fsp3) is 0.462. The predicted octanol–water partition coefficient (Wildman–Crippen LogP) is 5.22. The van der Waals surface area contributed by atoms with Crippen LogP contribution in [-0.4, -0.2) is 31.0 Å². The monoisotopic (exact) mass is 437 g/mol. The van der Waals surface area contributed by atoms with Crippen molar-refractivity contribution in [1.29, 1.82) is 0 Å². The number of amides is 2. The molecule has 0 bridgehead atoms. The first kappa shape index (κ1) is 23.6. The van der Waals surface area contributed by atoms with Gasteiger partial charge in [0.15, 0.2) is 0 Å². The number of rotatable bonds is 10. The summed E-state index contributed by atoms with van der Waals surface area (Å²) in [5.41, 5.74) is 1.99. The summed E-state index contributed by atoms with van der Waals surface area (Å²) in [6.45, 7) is 5.12. The molecule has 2 aromatic carbocycles. The molecule has 6 nitrogen and oxygen atoms in total. The van der Waals surface area contributed by atoms with Crippen LogP contribution in [-0.2, 0) is 4.79 Å². The van der Waals surface area contributed by atoms with Gasteiger partial charge in [-0.1, -0.05) is 45.2 Å². The molecular formula is C26H35N3O3. The van der Waals surface area contributed by atoms with Crippen LogP contribution in [0.5, 0.6) is 5.75 Å². The maximum atomic E-state index is 12.6. The first-order chi connectivity index (χ1) is 15.5. The van der Waals surface area contributed by atoms with Gasteiger partial charge in [-0.25, -0.2) is 0 Å². The third-order valence-electron chi connectivity index (χ3n) is 5.60. The molecule has 0 saturated heterocycles. The van der Waals surface area contributed by atoms with Gasteiger partial charge in [0.1, 0.15) is 5.75 Å². The first-order valence-corrected chi connectivity index (χ1v) is 11.7. The van der Waals surface area contributed by atoms with Gasteiger partial charge in [-0.05, 0) is 55.5 Å². The van der Waals surface area contributed by atoms with Crippen molar-refractivity contribution >= 4 is 23.2 Å². The normalized spacial score (nSPS) is 14.1. The SMILES string of the molecule is CC(C)CCOc1cccc(NCC(=O)Nc2cccc(C(=O)NC3CCCCC3)c2)c1. The van der Waals surface area contributed by atoms with Crippen molar-refractivity contribution in [3.05, 3.63) is 54.1 Å². The third-order valence-corrected chi connectivity index (χ3v) is 5.60. The van der Waals surface area contributed by atoms with Crippen LogP contribution in [0.15, 0.2) is 48.5 Å². The zero-order chi connectivity index (χ0) is 22.8. The van der Waals surface area contributed by atoms with E-state index in [1.807, 2.05) is 24.3 Å². The summed E-state index contributed by atoms with van der Waals surface area (Å²) in [4.78, 5) is 25.0. The van der Waals surface area contributed by atoms with Crippen LogP contribution in [0.1, 0.15) is 62.7 Å². The standard InChI is InChI=1S/C26H35N3O3/c1-19(2)14-15-32-24-13-7-11-22(17-24)27-18-25(30)28-23-12-6-8-20(16-23)26(31)29-21-9-4-3-5-10-21/h6-8,11-13,16-17,19,21,27H,3-5,9-10,14-15,18H2,1-2H3,(H,28,30)(H,29,31). The van der Waals surface area contributed by atoms with E-state index in [-0.39, 0.29) is 24.4 Å². The van der Waals surface area contributed by atoms with Gasteiger partial charge in [-0.3, -0.25) is 9.59 Å². The summed E-state index contributed by atoms with van der Waals surface area (Å²) in [5.74, 6) is 1.12. The number of hydrogen-bond donors (Lipinski definition) is 3. The Kier molecular flexibility index (Phi) is 8.96. The third kappa shape index (κ3) is 7.91. The zero-order valence-electron chi connectivity index (χ0n) is 19.2. The minimum atomic E-state index is -0.180. The van der Waals surface area contributed by atoms with E-state index in [1.54, 1.807) is 24.3 Å². The van der Waals surface area contributed by atoms with Crippen molar-refractivity contribution in [2.45, 2.75) is 58.4 Å². The topological polar surface area (TPSA) is 79.5 Å². The molecule has 1 fully saturated rings. The molecule has 1 aliphatic carbocycles. The maximum absolute atomic E-state index is 12.6. The van der Waals surface area contributed by atoms with Crippen LogP contribution < -0.4 is 20.7 Å². The lowest BCUT2D eigenvalue weighted by Gasteiger charge is -2.22. The Bertz CT molecular complexity index is 891. The number of carbonyl (C=O) groups excluding carboxylic acids is 2. The van der Waals surface area contributed by atoms with Gasteiger partial charge >= 0.3 is 0 Å². The van der Waals surface area contributed by atoms with Crippen molar-refractivity contribution in [3.63, 3.8) is 0 Å². The van der Waals surface area contributed by atoms with E-state index in [0.29, 0.717) is 23.8 Å². The average Bonchev–Trinajstić information content (AvgIpc) is 2.79. The average molecular weight is 438 g/mol. The van der Waals surface area contributed by atoms with Gasteiger partial charge < -0.3 is 20.7 Å². The maximum Gasteiger partial charge on any atom is 0.251 e. The predicted molar refractivity (Wildman–Crippen MR) is 129 cm³/mol. The van der Waals surface area contributed by atoms with Crippen LogP contribution >= 0.6 is 0 Å². The summed E-state index contributed by atoms with van der Waals surface area (Å²) < 4.78 is 5.77. The zero-order valence-corrected chi connectivity index (χ0v) is 19.2. The number of benzene rings is 2. The Morgan fingerprint density at radius 2 is 1.75 bits per heavy atom. The first-order valence-electron chi connectivity index (χ1n) is 11.7. The Hall–Kier alpha value is -3.02. The quantitative estimate of drug-likeness (QED) is 0.476. The lowest BCUT2D eigenvalue weighted by Crippen LogP contribution is -2.36. The second kappa shape index (κ2) is 12.1. The number of carbonyl (C=O) groups is 2. The molecule has 0 aromatic heterocycles. The fourth-order valence-corrected chi connectivity index (χ4v) is 3.75. The molecule has 1 saturated carbocycles. The van der Waals surface area contributed by atoms with E-state index in [2.05, 4.69) is 29.8 Å².